The van der Waals surface area contributed by atoms with Crippen molar-refractivity contribution in [2.45, 2.75) is 39.7 Å². The van der Waals surface area contributed by atoms with Gasteiger partial charge in [0.05, 0.1) is 6.20 Å². The molecule has 94 valence electrons. The lowest BCUT2D eigenvalue weighted by Gasteiger charge is -2.19. The first kappa shape index (κ1) is 13.2. The summed E-state index contributed by atoms with van der Waals surface area (Å²) in [7, 11) is 0. The molecule has 0 aromatic carbocycles. The fraction of sp³-hybridized carbons (Fsp3) is 0.545. The lowest BCUT2D eigenvalue weighted by Crippen LogP contribution is -2.27. The maximum atomic E-state index is 11.8. The molecule has 1 aromatic rings. The normalized spacial score (nSPS) is 11.3. The molecule has 17 heavy (non-hydrogen) atoms. The number of aryl methyl sites for hydroxylation is 1. The lowest BCUT2D eigenvalue weighted by atomic mass is 10.2. The number of nitrogens with zero attached hydrogens (tertiary/aromatic N) is 2. The molecule has 1 aromatic heterocycles. The highest BCUT2D eigenvalue weighted by molar-refractivity contribution is 5.86. The number of rotatable bonds is 2. The Morgan fingerprint density at radius 2 is 2.06 bits per heavy atom. The van der Waals surface area contributed by atoms with Crippen molar-refractivity contribution in [3.8, 4) is 0 Å². The molecule has 0 atom stereocenters. The van der Waals surface area contributed by atoms with Crippen molar-refractivity contribution in [1.29, 1.82) is 0 Å². The fourth-order valence-corrected chi connectivity index (χ4v) is 1.24. The van der Waals surface area contributed by atoms with Gasteiger partial charge in [0, 0.05) is 6.42 Å². The van der Waals surface area contributed by atoms with Crippen molar-refractivity contribution < 1.29 is 19.4 Å². The second-order valence-corrected chi connectivity index (χ2v) is 4.55. The number of aromatic nitrogens is 2. The average molecular weight is 240 g/mol. The summed E-state index contributed by atoms with van der Waals surface area (Å²) in [5.74, 6) is -0.793. The monoisotopic (exact) mass is 240 g/mol. The number of imidazole rings is 1. The van der Waals surface area contributed by atoms with Crippen LogP contribution in [-0.2, 0) is 11.2 Å². The van der Waals surface area contributed by atoms with Crippen molar-refractivity contribution >= 4 is 12.1 Å². The van der Waals surface area contributed by atoms with Crippen LogP contribution in [0.25, 0.3) is 0 Å². The van der Waals surface area contributed by atoms with E-state index in [4.69, 9.17) is 9.84 Å². The lowest BCUT2D eigenvalue weighted by molar-refractivity contribution is 0.0532. The van der Waals surface area contributed by atoms with Crippen molar-refractivity contribution in [1.82, 2.24) is 9.55 Å². The molecule has 0 saturated carbocycles. The zero-order valence-electron chi connectivity index (χ0n) is 10.4. The number of ether oxygens (including phenoxy) is 1. The molecule has 0 spiro atoms. The molecule has 6 nitrogen and oxygen atoms in total. The van der Waals surface area contributed by atoms with Gasteiger partial charge in [-0.05, 0) is 20.8 Å². The van der Waals surface area contributed by atoms with Gasteiger partial charge in [-0.3, -0.25) is 0 Å². The van der Waals surface area contributed by atoms with Crippen molar-refractivity contribution in [3.63, 3.8) is 0 Å². The zero-order chi connectivity index (χ0) is 13.2. The summed E-state index contributed by atoms with van der Waals surface area (Å²) in [6.07, 6.45) is 1.01. The maximum Gasteiger partial charge on any atom is 0.420 e. The number of carboxylic acid groups (broad SMARTS) is 1. The molecule has 6 heteroatoms. The number of hydrogen-bond donors (Lipinski definition) is 1. The van der Waals surface area contributed by atoms with Crippen LogP contribution >= 0.6 is 0 Å². The summed E-state index contributed by atoms with van der Waals surface area (Å²) in [6.45, 7) is 7.01. The molecule has 0 unspecified atom stereocenters. The minimum Gasteiger partial charge on any atom is -0.476 e. The summed E-state index contributed by atoms with van der Waals surface area (Å²) in [5.41, 5.74) is -0.789. The molecule has 0 amide bonds. The third-order valence-corrected chi connectivity index (χ3v) is 1.90. The van der Waals surface area contributed by atoms with Gasteiger partial charge in [-0.25, -0.2) is 19.1 Å². The SMILES string of the molecule is CCc1nc(C(=O)O)cn1C(=O)OC(C)(C)C. The van der Waals surface area contributed by atoms with Gasteiger partial charge in [-0.1, -0.05) is 6.92 Å². The third kappa shape index (κ3) is 3.30. The van der Waals surface area contributed by atoms with Crippen molar-refractivity contribution in [3.05, 3.63) is 17.7 Å². The molecule has 1 rings (SSSR count). The van der Waals surface area contributed by atoms with Crippen LogP contribution in [-0.4, -0.2) is 32.3 Å². The van der Waals surface area contributed by atoms with Crippen LogP contribution in [0.5, 0.6) is 0 Å². The minimum absolute atomic E-state index is 0.160. The Labute approximate surface area is 99.2 Å². The van der Waals surface area contributed by atoms with E-state index in [9.17, 15) is 9.59 Å². The third-order valence-electron chi connectivity index (χ3n) is 1.90. The quantitative estimate of drug-likeness (QED) is 0.854. The van der Waals surface area contributed by atoms with Crippen molar-refractivity contribution in [2.24, 2.45) is 0 Å². The number of carboxylic acids is 1. The Morgan fingerprint density at radius 1 is 1.47 bits per heavy atom. The van der Waals surface area contributed by atoms with Crippen LogP contribution in [0.3, 0.4) is 0 Å². The first-order valence-electron chi connectivity index (χ1n) is 5.29. The van der Waals surface area contributed by atoms with Crippen LogP contribution in [0.2, 0.25) is 0 Å². The molecule has 0 aliphatic rings. The number of aromatic carboxylic acids is 1. The highest BCUT2D eigenvalue weighted by Crippen LogP contribution is 2.12. The number of carbonyl (C=O) groups is 2. The maximum absolute atomic E-state index is 11.8. The number of hydrogen-bond acceptors (Lipinski definition) is 4. The summed E-state index contributed by atoms with van der Waals surface area (Å²) >= 11 is 0. The van der Waals surface area contributed by atoms with Gasteiger partial charge in [-0.15, -0.1) is 0 Å². The van der Waals surface area contributed by atoms with Crippen LogP contribution in [0.1, 0.15) is 44.0 Å². The van der Waals surface area contributed by atoms with Gasteiger partial charge >= 0.3 is 12.1 Å². The first-order chi connectivity index (χ1) is 7.74. The highest BCUT2D eigenvalue weighted by atomic mass is 16.6. The summed E-state index contributed by atoms with van der Waals surface area (Å²) in [6, 6.07) is 0. The molecule has 0 fully saturated rings. The molecule has 0 aliphatic carbocycles. The van der Waals surface area contributed by atoms with Crippen molar-refractivity contribution in [2.75, 3.05) is 0 Å². The van der Waals surface area contributed by atoms with Gasteiger partial charge in [0.2, 0.25) is 0 Å². The molecular weight excluding hydrogens is 224 g/mol. The van der Waals surface area contributed by atoms with Gasteiger partial charge in [0.25, 0.3) is 0 Å². The Balaban J connectivity index is 3.04. The van der Waals surface area contributed by atoms with Crippen LogP contribution in [0.15, 0.2) is 6.20 Å². The van der Waals surface area contributed by atoms with E-state index < -0.39 is 17.7 Å². The van der Waals surface area contributed by atoms with Crippen LogP contribution in [0, 0.1) is 0 Å². The van der Waals surface area contributed by atoms with Gasteiger partial charge in [0.15, 0.2) is 5.69 Å². The summed E-state index contributed by atoms with van der Waals surface area (Å²) in [5, 5.41) is 8.80. The molecule has 0 aliphatic heterocycles. The Kier molecular flexibility index (Phi) is 3.55. The van der Waals surface area contributed by atoms with E-state index in [1.807, 2.05) is 0 Å². The van der Waals surface area contributed by atoms with E-state index in [2.05, 4.69) is 4.98 Å². The Morgan fingerprint density at radius 3 is 2.47 bits per heavy atom. The summed E-state index contributed by atoms with van der Waals surface area (Å²) < 4.78 is 6.28. The van der Waals surface area contributed by atoms with Gasteiger partial charge in [0.1, 0.15) is 11.4 Å². The average Bonchev–Trinajstić information content (AvgIpc) is 2.58. The largest absolute Gasteiger partial charge is 0.476 e. The first-order valence-corrected chi connectivity index (χ1v) is 5.29. The van der Waals surface area contributed by atoms with E-state index >= 15 is 0 Å². The Hall–Kier alpha value is -1.85. The van der Waals surface area contributed by atoms with E-state index in [0.29, 0.717) is 12.2 Å². The molecular formula is C11H16N2O4. The fourth-order valence-electron chi connectivity index (χ4n) is 1.24. The van der Waals surface area contributed by atoms with E-state index in [-0.39, 0.29) is 5.69 Å². The second kappa shape index (κ2) is 4.57. The number of carbonyl (C=O) groups excluding carboxylic acids is 1. The minimum atomic E-state index is -1.16. The van der Waals surface area contributed by atoms with E-state index in [0.717, 1.165) is 4.57 Å². The molecule has 0 saturated heterocycles. The van der Waals surface area contributed by atoms with Crippen LogP contribution in [0.4, 0.5) is 4.79 Å². The second-order valence-electron chi connectivity index (χ2n) is 4.55. The van der Waals surface area contributed by atoms with Gasteiger partial charge < -0.3 is 9.84 Å². The van der Waals surface area contributed by atoms with Gasteiger partial charge in [-0.2, -0.15) is 0 Å². The summed E-state index contributed by atoms with van der Waals surface area (Å²) in [4.78, 5) is 26.4. The molecule has 1 heterocycles. The van der Waals surface area contributed by atoms with E-state index in [1.165, 1.54) is 6.20 Å². The predicted molar refractivity (Wildman–Crippen MR) is 60.2 cm³/mol. The standard InChI is InChI=1S/C11H16N2O4/c1-5-8-12-7(9(14)15)6-13(8)10(16)17-11(2,3)4/h6H,5H2,1-4H3,(H,14,15). The molecule has 0 bridgehead atoms. The smallest absolute Gasteiger partial charge is 0.420 e. The predicted octanol–water partition coefficient (Wildman–Crippen LogP) is 1.93. The topological polar surface area (TPSA) is 81.4 Å². The highest BCUT2D eigenvalue weighted by Gasteiger charge is 2.22. The van der Waals surface area contributed by atoms with Crippen LogP contribution < -0.4 is 0 Å². The molecule has 0 radical (unpaired) electrons. The van der Waals surface area contributed by atoms with E-state index in [1.54, 1.807) is 27.7 Å². The molecule has 1 N–H and O–H groups in total. The Bertz CT molecular complexity index is 443. The zero-order valence-corrected chi connectivity index (χ0v) is 10.4.